The van der Waals surface area contributed by atoms with Gasteiger partial charge in [-0.15, -0.1) is 0 Å². The second-order valence-corrected chi connectivity index (χ2v) is 6.53. The summed E-state index contributed by atoms with van der Waals surface area (Å²) in [4.78, 5) is 4.42. The molecule has 0 heterocycles. The smallest absolute Gasteiger partial charge is 0.112 e. The summed E-state index contributed by atoms with van der Waals surface area (Å²) in [6.45, 7) is 2.15. The highest BCUT2D eigenvalue weighted by Gasteiger charge is 2.13. The van der Waals surface area contributed by atoms with Gasteiger partial charge in [-0.2, -0.15) is 0 Å². The summed E-state index contributed by atoms with van der Waals surface area (Å²) in [5, 5.41) is 0. The Balaban J connectivity index is 1.99. The number of benzene rings is 3. The lowest BCUT2D eigenvalue weighted by Gasteiger charge is -2.31. The predicted octanol–water partition coefficient (Wildman–Crippen LogP) is 6.20. The van der Waals surface area contributed by atoms with Gasteiger partial charge in [0, 0.05) is 25.5 Å². The van der Waals surface area contributed by atoms with Gasteiger partial charge in [-0.3, -0.25) is 0 Å². The number of anilines is 2. The van der Waals surface area contributed by atoms with E-state index in [2.05, 4.69) is 116 Å². The van der Waals surface area contributed by atoms with E-state index in [1.807, 2.05) is 18.2 Å². The average Bonchev–Trinajstić information content (AvgIpc) is 2.75. The largest absolute Gasteiger partial charge is 0.331 e. The minimum Gasteiger partial charge on any atom is -0.331 e. The molecule has 0 aliphatic heterocycles. The number of allylic oxidation sites excluding steroid dienone is 3. The van der Waals surface area contributed by atoms with E-state index in [0.717, 1.165) is 17.2 Å². The van der Waals surface area contributed by atoms with Crippen LogP contribution in [0, 0.1) is 0 Å². The summed E-state index contributed by atoms with van der Waals surface area (Å²) >= 11 is 0. The van der Waals surface area contributed by atoms with Crippen LogP contribution < -0.4 is 9.80 Å². The molecule has 0 radical (unpaired) electrons. The number of rotatable bonds is 6. The van der Waals surface area contributed by atoms with E-state index < -0.39 is 0 Å². The minimum atomic E-state index is 1.10. The van der Waals surface area contributed by atoms with Gasteiger partial charge in [0.2, 0.25) is 0 Å². The zero-order valence-electron chi connectivity index (χ0n) is 16.2. The molecule has 0 saturated heterocycles. The topological polar surface area (TPSA) is 6.48 Å². The van der Waals surface area contributed by atoms with Crippen molar-refractivity contribution in [1.82, 2.24) is 0 Å². The number of hydrogen-bond acceptors (Lipinski definition) is 2. The van der Waals surface area contributed by atoms with Crippen molar-refractivity contribution in [1.29, 1.82) is 0 Å². The molecule has 0 aromatic heterocycles. The van der Waals surface area contributed by atoms with Gasteiger partial charge >= 0.3 is 0 Å². The van der Waals surface area contributed by atoms with Crippen LogP contribution in [0.15, 0.2) is 109 Å². The van der Waals surface area contributed by atoms with Crippen LogP contribution in [0.3, 0.4) is 0 Å². The molecular weight excluding hydrogens is 328 g/mol. The summed E-state index contributed by atoms with van der Waals surface area (Å²) in [5.74, 6) is 1.10. The van der Waals surface area contributed by atoms with Gasteiger partial charge in [0.25, 0.3) is 0 Å². The molecule has 0 N–H and O–H groups in total. The Bertz CT molecular complexity index is 849. The highest BCUT2D eigenvalue weighted by atomic mass is 15.3. The fraction of sp³-hybridized carbons (Fsp3) is 0.120. The van der Waals surface area contributed by atoms with Gasteiger partial charge in [0.1, 0.15) is 5.82 Å². The molecule has 2 heteroatoms. The van der Waals surface area contributed by atoms with E-state index in [0.29, 0.717) is 0 Å². The lowest BCUT2D eigenvalue weighted by molar-refractivity contribution is 0.976. The molecule has 0 aliphatic rings. The van der Waals surface area contributed by atoms with Crippen molar-refractivity contribution in [2.45, 2.75) is 6.92 Å². The van der Waals surface area contributed by atoms with Crippen LogP contribution in [0.4, 0.5) is 11.4 Å². The van der Waals surface area contributed by atoms with E-state index in [4.69, 9.17) is 0 Å². The zero-order valence-corrected chi connectivity index (χ0v) is 16.2. The third-order valence-electron chi connectivity index (χ3n) is 4.69. The van der Waals surface area contributed by atoms with E-state index in [1.54, 1.807) is 0 Å². The first-order valence-electron chi connectivity index (χ1n) is 9.18. The van der Waals surface area contributed by atoms with Crippen molar-refractivity contribution in [3.05, 3.63) is 115 Å². The van der Waals surface area contributed by atoms with Gasteiger partial charge in [0.05, 0.1) is 0 Å². The van der Waals surface area contributed by atoms with E-state index in [-0.39, 0.29) is 0 Å². The molecule has 3 aromatic rings. The molecule has 3 rings (SSSR count). The van der Waals surface area contributed by atoms with Crippen LogP contribution in [0.1, 0.15) is 12.5 Å². The Morgan fingerprint density at radius 2 is 1.00 bits per heavy atom. The normalized spacial score (nSPS) is 11.0. The molecule has 0 bridgehead atoms. The average molecular weight is 354 g/mol. The van der Waals surface area contributed by atoms with Crippen LogP contribution in [0.2, 0.25) is 0 Å². The van der Waals surface area contributed by atoms with Gasteiger partial charge in [-0.1, -0.05) is 72.8 Å². The van der Waals surface area contributed by atoms with Crippen LogP contribution in [-0.2, 0) is 0 Å². The zero-order chi connectivity index (χ0) is 19.1. The molecule has 27 heavy (non-hydrogen) atoms. The molecule has 136 valence electrons. The fourth-order valence-electron chi connectivity index (χ4n) is 3.01. The standard InChI is InChI=1S/C25H26N2/c1-21(22-13-7-4-8-14-22)19-20-25(26(2)23-15-9-5-10-16-23)27(3)24-17-11-6-12-18-24/h4-20H,1-3H3/b21-19+. The first-order valence-corrected chi connectivity index (χ1v) is 9.18. The lowest BCUT2D eigenvalue weighted by atomic mass is 10.1. The molecule has 0 spiro atoms. The highest BCUT2D eigenvalue weighted by Crippen LogP contribution is 2.24. The Morgan fingerprint density at radius 1 is 0.593 bits per heavy atom. The van der Waals surface area contributed by atoms with Crippen LogP contribution >= 0.6 is 0 Å². The first kappa shape index (κ1) is 18.5. The van der Waals surface area contributed by atoms with Crippen molar-refractivity contribution in [2.24, 2.45) is 0 Å². The predicted molar refractivity (Wildman–Crippen MR) is 118 cm³/mol. The molecule has 0 unspecified atom stereocenters. The molecule has 0 atom stereocenters. The quantitative estimate of drug-likeness (QED) is 0.486. The second-order valence-electron chi connectivity index (χ2n) is 6.53. The Hall–Kier alpha value is -3.26. The van der Waals surface area contributed by atoms with Gasteiger partial charge < -0.3 is 9.80 Å². The van der Waals surface area contributed by atoms with E-state index >= 15 is 0 Å². The molecule has 0 aliphatic carbocycles. The summed E-state index contributed by atoms with van der Waals surface area (Å²) in [7, 11) is 4.21. The first-order chi connectivity index (χ1) is 13.2. The van der Waals surface area contributed by atoms with Gasteiger partial charge in [0.15, 0.2) is 0 Å². The Kier molecular flexibility index (Phi) is 6.11. The SMILES string of the molecule is C/C(=C\C=C(N(C)c1ccccc1)N(C)c1ccccc1)c1ccccc1. The van der Waals surface area contributed by atoms with Gasteiger partial charge in [-0.05, 0) is 48.4 Å². The monoisotopic (exact) mass is 354 g/mol. The molecule has 3 aromatic carbocycles. The van der Waals surface area contributed by atoms with Crippen LogP contribution in [0.5, 0.6) is 0 Å². The summed E-state index contributed by atoms with van der Waals surface area (Å²) in [5.41, 5.74) is 4.77. The lowest BCUT2D eigenvalue weighted by Crippen LogP contribution is -2.30. The second kappa shape index (κ2) is 8.91. The molecule has 0 fully saturated rings. The van der Waals surface area contributed by atoms with Crippen molar-refractivity contribution < 1.29 is 0 Å². The Labute approximate surface area is 162 Å². The summed E-state index contributed by atoms with van der Waals surface area (Å²) in [6, 6.07) is 31.3. The fourth-order valence-corrected chi connectivity index (χ4v) is 3.01. The number of nitrogens with zero attached hydrogens (tertiary/aromatic N) is 2. The third-order valence-corrected chi connectivity index (χ3v) is 4.69. The molecule has 2 nitrogen and oxygen atoms in total. The van der Waals surface area contributed by atoms with Crippen LogP contribution in [-0.4, -0.2) is 14.1 Å². The summed E-state index contributed by atoms with van der Waals surface area (Å²) in [6.07, 6.45) is 4.37. The maximum atomic E-state index is 2.21. The maximum Gasteiger partial charge on any atom is 0.112 e. The van der Waals surface area contributed by atoms with Crippen LogP contribution in [0.25, 0.3) is 5.57 Å². The molecule has 0 saturated carbocycles. The van der Waals surface area contributed by atoms with Crippen molar-refractivity contribution in [2.75, 3.05) is 23.9 Å². The summed E-state index contributed by atoms with van der Waals surface area (Å²) < 4.78 is 0. The van der Waals surface area contributed by atoms with Crippen molar-refractivity contribution in [3.63, 3.8) is 0 Å². The molecule has 0 amide bonds. The van der Waals surface area contributed by atoms with E-state index in [1.165, 1.54) is 11.1 Å². The van der Waals surface area contributed by atoms with Crippen molar-refractivity contribution in [3.8, 4) is 0 Å². The number of para-hydroxylation sites is 2. The Morgan fingerprint density at radius 3 is 1.44 bits per heavy atom. The molecular formula is C25H26N2. The minimum absolute atomic E-state index is 1.10. The highest BCUT2D eigenvalue weighted by molar-refractivity contribution is 5.67. The number of hydrogen-bond donors (Lipinski definition) is 0. The van der Waals surface area contributed by atoms with Gasteiger partial charge in [-0.25, -0.2) is 0 Å². The van der Waals surface area contributed by atoms with Crippen molar-refractivity contribution >= 4 is 16.9 Å². The maximum absolute atomic E-state index is 2.21. The third kappa shape index (κ3) is 4.68. The van der Waals surface area contributed by atoms with E-state index in [9.17, 15) is 0 Å².